The highest BCUT2D eigenvalue weighted by atomic mass is 16.3. The summed E-state index contributed by atoms with van der Waals surface area (Å²) in [6.45, 7) is 5.26. The van der Waals surface area contributed by atoms with Crippen LogP contribution in [0, 0.1) is 0 Å². The van der Waals surface area contributed by atoms with Gasteiger partial charge in [-0.3, -0.25) is 0 Å². The van der Waals surface area contributed by atoms with E-state index < -0.39 is 0 Å². The first kappa shape index (κ1) is 13.7. The maximum atomic E-state index is 5.56. The van der Waals surface area contributed by atoms with Crippen LogP contribution in [0.15, 0.2) is 59.2 Å². The molecule has 21 heavy (non-hydrogen) atoms. The fraction of sp³-hybridized carbons (Fsp3) is 0.263. The molecule has 1 heterocycles. The van der Waals surface area contributed by atoms with Crippen LogP contribution in [0.5, 0.6) is 0 Å². The van der Waals surface area contributed by atoms with Gasteiger partial charge in [0.2, 0.25) is 0 Å². The molecule has 2 nitrogen and oxygen atoms in total. The molecule has 0 aliphatic heterocycles. The van der Waals surface area contributed by atoms with E-state index in [2.05, 4.69) is 49.5 Å². The Morgan fingerprint density at radius 1 is 1.05 bits per heavy atom. The smallest absolute Gasteiger partial charge is 0.134 e. The van der Waals surface area contributed by atoms with E-state index in [0.29, 0.717) is 5.92 Å². The van der Waals surface area contributed by atoms with Crippen LogP contribution in [-0.4, -0.2) is 0 Å². The zero-order valence-electron chi connectivity index (χ0n) is 12.6. The van der Waals surface area contributed by atoms with Gasteiger partial charge in [-0.15, -0.1) is 0 Å². The largest absolute Gasteiger partial charge is 0.464 e. The fourth-order valence-electron chi connectivity index (χ4n) is 2.53. The van der Waals surface area contributed by atoms with Gasteiger partial charge in [-0.05, 0) is 36.1 Å². The number of para-hydroxylation sites is 1. The van der Waals surface area contributed by atoms with Gasteiger partial charge in [-0.2, -0.15) is 0 Å². The second-order valence-electron chi connectivity index (χ2n) is 5.54. The molecule has 3 rings (SSSR count). The lowest BCUT2D eigenvalue weighted by Crippen LogP contribution is -1.99. The second-order valence-corrected chi connectivity index (χ2v) is 5.54. The molecule has 2 aromatic carbocycles. The van der Waals surface area contributed by atoms with Crippen molar-refractivity contribution < 1.29 is 4.42 Å². The number of furan rings is 1. The van der Waals surface area contributed by atoms with Crippen LogP contribution in [0.1, 0.15) is 37.3 Å². The molecule has 1 N–H and O–H groups in total. The zero-order chi connectivity index (χ0) is 14.7. The summed E-state index contributed by atoms with van der Waals surface area (Å²) < 4.78 is 5.56. The van der Waals surface area contributed by atoms with Crippen molar-refractivity contribution >= 4 is 16.7 Å². The summed E-state index contributed by atoms with van der Waals surface area (Å²) in [4.78, 5) is 0. The molecule has 0 spiro atoms. The third-order valence-corrected chi connectivity index (χ3v) is 4.14. The molecular formula is C19H21NO. The maximum absolute atomic E-state index is 5.56. The third-order valence-electron chi connectivity index (χ3n) is 4.14. The Balaban J connectivity index is 1.70. The van der Waals surface area contributed by atoms with E-state index in [4.69, 9.17) is 4.42 Å². The molecule has 3 aromatic rings. The van der Waals surface area contributed by atoms with E-state index >= 15 is 0 Å². The molecule has 0 bridgehead atoms. The van der Waals surface area contributed by atoms with Crippen LogP contribution in [0.25, 0.3) is 11.0 Å². The molecule has 1 atom stereocenters. The SMILES string of the molecule is CCC(C)c1ccc(NCc2coc3ccccc23)cc1. The highest BCUT2D eigenvalue weighted by Crippen LogP contribution is 2.23. The van der Waals surface area contributed by atoms with Crippen molar-refractivity contribution in [3.05, 3.63) is 65.9 Å². The summed E-state index contributed by atoms with van der Waals surface area (Å²) in [6, 6.07) is 16.9. The lowest BCUT2D eigenvalue weighted by Gasteiger charge is -2.10. The van der Waals surface area contributed by atoms with Crippen molar-refractivity contribution in [1.29, 1.82) is 0 Å². The number of fused-ring (bicyclic) bond motifs is 1. The Kier molecular flexibility index (Phi) is 3.96. The fourth-order valence-corrected chi connectivity index (χ4v) is 2.53. The molecule has 1 unspecified atom stereocenters. The second kappa shape index (κ2) is 6.04. The van der Waals surface area contributed by atoms with Gasteiger partial charge in [0.05, 0.1) is 6.26 Å². The highest BCUT2D eigenvalue weighted by molar-refractivity contribution is 5.81. The number of nitrogens with one attached hydrogen (secondary N) is 1. The minimum absolute atomic E-state index is 0.622. The number of hydrogen-bond donors (Lipinski definition) is 1. The quantitative estimate of drug-likeness (QED) is 0.661. The van der Waals surface area contributed by atoms with Gasteiger partial charge in [0.1, 0.15) is 5.58 Å². The van der Waals surface area contributed by atoms with Gasteiger partial charge < -0.3 is 9.73 Å². The molecule has 0 aliphatic carbocycles. The summed E-state index contributed by atoms with van der Waals surface area (Å²) in [5, 5.41) is 4.65. The van der Waals surface area contributed by atoms with E-state index in [-0.39, 0.29) is 0 Å². The Labute approximate surface area is 125 Å². The molecule has 0 saturated heterocycles. The van der Waals surface area contributed by atoms with Crippen molar-refractivity contribution in [2.75, 3.05) is 5.32 Å². The van der Waals surface area contributed by atoms with Crippen LogP contribution in [0.4, 0.5) is 5.69 Å². The molecule has 0 radical (unpaired) electrons. The van der Waals surface area contributed by atoms with Crippen LogP contribution >= 0.6 is 0 Å². The van der Waals surface area contributed by atoms with Crippen molar-refractivity contribution in [3.8, 4) is 0 Å². The molecule has 0 fully saturated rings. The normalized spacial score (nSPS) is 12.5. The molecule has 1 aromatic heterocycles. The van der Waals surface area contributed by atoms with Gasteiger partial charge in [-0.1, -0.05) is 44.2 Å². The molecule has 0 aliphatic rings. The van der Waals surface area contributed by atoms with Crippen LogP contribution in [0.3, 0.4) is 0 Å². The summed E-state index contributed by atoms with van der Waals surface area (Å²) in [5.74, 6) is 0.622. The van der Waals surface area contributed by atoms with E-state index in [9.17, 15) is 0 Å². The lowest BCUT2D eigenvalue weighted by atomic mass is 9.99. The third kappa shape index (κ3) is 2.94. The monoisotopic (exact) mass is 279 g/mol. The van der Waals surface area contributed by atoms with Gasteiger partial charge in [0.25, 0.3) is 0 Å². The minimum Gasteiger partial charge on any atom is -0.464 e. The average molecular weight is 279 g/mol. The average Bonchev–Trinajstić information content (AvgIpc) is 2.96. The van der Waals surface area contributed by atoms with Crippen molar-refractivity contribution in [3.63, 3.8) is 0 Å². The first-order valence-electron chi connectivity index (χ1n) is 7.57. The molecule has 0 saturated carbocycles. The summed E-state index contributed by atoms with van der Waals surface area (Å²) >= 11 is 0. The highest BCUT2D eigenvalue weighted by Gasteiger charge is 2.05. The van der Waals surface area contributed by atoms with Crippen LogP contribution in [-0.2, 0) is 6.54 Å². The molecule has 108 valence electrons. The maximum Gasteiger partial charge on any atom is 0.134 e. The van der Waals surface area contributed by atoms with Crippen LogP contribution < -0.4 is 5.32 Å². The summed E-state index contributed by atoms with van der Waals surface area (Å²) in [7, 11) is 0. The van der Waals surface area contributed by atoms with Crippen molar-refractivity contribution in [1.82, 2.24) is 0 Å². The molecule has 0 amide bonds. The standard InChI is InChI=1S/C19H21NO/c1-3-14(2)15-8-10-17(11-9-15)20-12-16-13-21-19-7-5-4-6-18(16)19/h4-11,13-14,20H,3,12H2,1-2H3. The predicted octanol–water partition coefficient (Wildman–Crippen LogP) is 5.56. The first-order valence-corrected chi connectivity index (χ1v) is 7.57. The lowest BCUT2D eigenvalue weighted by molar-refractivity contribution is 0.611. The van der Waals surface area contributed by atoms with E-state index in [1.165, 1.54) is 22.9 Å². The van der Waals surface area contributed by atoms with Crippen molar-refractivity contribution in [2.24, 2.45) is 0 Å². The minimum atomic E-state index is 0.622. The van der Waals surface area contributed by atoms with Gasteiger partial charge >= 0.3 is 0 Å². The Morgan fingerprint density at radius 2 is 1.81 bits per heavy atom. The summed E-state index contributed by atoms with van der Waals surface area (Å²) in [6.07, 6.45) is 3.01. The Hall–Kier alpha value is -2.22. The number of hydrogen-bond acceptors (Lipinski definition) is 2. The molecular weight excluding hydrogens is 258 g/mol. The summed E-state index contributed by atoms with van der Waals surface area (Å²) in [5.41, 5.74) is 4.68. The van der Waals surface area contributed by atoms with Crippen LogP contribution in [0.2, 0.25) is 0 Å². The van der Waals surface area contributed by atoms with Gasteiger partial charge in [-0.25, -0.2) is 0 Å². The van der Waals surface area contributed by atoms with Gasteiger partial charge in [0, 0.05) is 23.2 Å². The topological polar surface area (TPSA) is 25.2 Å². The predicted molar refractivity (Wildman–Crippen MR) is 88.7 cm³/mol. The van der Waals surface area contributed by atoms with E-state index in [0.717, 1.165) is 17.8 Å². The Morgan fingerprint density at radius 3 is 2.57 bits per heavy atom. The van der Waals surface area contributed by atoms with E-state index in [1.807, 2.05) is 24.5 Å². The number of benzene rings is 2. The zero-order valence-corrected chi connectivity index (χ0v) is 12.6. The Bertz CT molecular complexity index is 712. The van der Waals surface area contributed by atoms with Gasteiger partial charge in [0.15, 0.2) is 0 Å². The van der Waals surface area contributed by atoms with E-state index in [1.54, 1.807) is 0 Å². The van der Waals surface area contributed by atoms with Crippen molar-refractivity contribution in [2.45, 2.75) is 32.7 Å². The first-order chi connectivity index (χ1) is 10.3. The number of rotatable bonds is 5. The number of anilines is 1. The molecule has 2 heteroatoms.